The molecule has 0 saturated carbocycles. The molecule has 5 aromatic rings. The lowest BCUT2D eigenvalue weighted by Gasteiger charge is -2.08. The third-order valence-electron chi connectivity index (χ3n) is 5.44. The van der Waals surface area contributed by atoms with Crippen molar-refractivity contribution in [2.75, 3.05) is 7.11 Å². The minimum Gasteiger partial charge on any atom is -0.497 e. The third kappa shape index (κ3) is 4.77. The molecule has 1 heterocycles. The highest BCUT2D eigenvalue weighted by atomic mass is 16.5. The second-order valence-electron chi connectivity index (χ2n) is 7.70. The van der Waals surface area contributed by atoms with Crippen molar-refractivity contribution in [3.8, 4) is 34.1 Å². The SMILES string of the molecule is COc1ccc(Oc2coc3cc(OC(=O)c4ccc(-c5ccccc5)cc4)ccc3c2=O)cc1. The normalized spacial score (nSPS) is 10.7. The predicted molar refractivity (Wildman–Crippen MR) is 132 cm³/mol. The van der Waals surface area contributed by atoms with Gasteiger partial charge in [-0.1, -0.05) is 42.5 Å². The molecule has 0 amide bonds. The fraction of sp³-hybridized carbons (Fsp3) is 0.0345. The van der Waals surface area contributed by atoms with Gasteiger partial charge in [0.15, 0.2) is 0 Å². The minimum absolute atomic E-state index is 0.0471. The maximum Gasteiger partial charge on any atom is 0.343 e. The Bertz CT molecular complexity index is 1540. The van der Waals surface area contributed by atoms with Gasteiger partial charge in [-0.25, -0.2) is 4.79 Å². The first kappa shape index (κ1) is 22.0. The Morgan fingerprint density at radius 1 is 0.743 bits per heavy atom. The van der Waals surface area contributed by atoms with Crippen LogP contribution in [-0.4, -0.2) is 13.1 Å². The minimum atomic E-state index is -0.509. The van der Waals surface area contributed by atoms with E-state index in [9.17, 15) is 9.59 Å². The standard InChI is InChI=1S/C29H20O6/c1-32-22-11-13-23(14-12-22)34-27-18-33-26-17-24(15-16-25(26)28(27)30)35-29(31)21-9-7-20(8-10-21)19-5-3-2-4-6-19/h2-18H,1H3. The molecule has 0 spiro atoms. The summed E-state index contributed by atoms with van der Waals surface area (Å²) in [6.07, 6.45) is 1.24. The number of methoxy groups -OCH3 is 1. The summed E-state index contributed by atoms with van der Waals surface area (Å²) in [5, 5.41) is 0.308. The molecule has 172 valence electrons. The molecule has 0 aliphatic rings. The summed E-state index contributed by atoms with van der Waals surface area (Å²) in [4.78, 5) is 25.5. The molecular formula is C29H20O6. The van der Waals surface area contributed by atoms with Gasteiger partial charge in [0.05, 0.1) is 18.1 Å². The molecule has 0 aliphatic heterocycles. The summed E-state index contributed by atoms with van der Waals surface area (Å²) in [7, 11) is 1.57. The van der Waals surface area contributed by atoms with Crippen molar-refractivity contribution in [1.82, 2.24) is 0 Å². The van der Waals surface area contributed by atoms with Gasteiger partial charge < -0.3 is 18.6 Å². The smallest absolute Gasteiger partial charge is 0.343 e. The molecule has 0 atom stereocenters. The summed E-state index contributed by atoms with van der Waals surface area (Å²) in [5.41, 5.74) is 2.42. The van der Waals surface area contributed by atoms with Gasteiger partial charge in [0.1, 0.15) is 29.1 Å². The second kappa shape index (κ2) is 9.57. The highest BCUT2D eigenvalue weighted by molar-refractivity contribution is 5.92. The molecule has 4 aromatic carbocycles. The molecule has 6 heteroatoms. The number of carbonyl (C=O) groups excluding carboxylic acids is 1. The number of hydrogen-bond donors (Lipinski definition) is 0. The van der Waals surface area contributed by atoms with Gasteiger partial charge in [-0.3, -0.25) is 4.79 Å². The first-order valence-corrected chi connectivity index (χ1v) is 10.9. The predicted octanol–water partition coefficient (Wildman–Crippen LogP) is 6.48. The molecule has 0 saturated heterocycles. The summed E-state index contributed by atoms with van der Waals surface area (Å²) >= 11 is 0. The fourth-order valence-electron chi connectivity index (χ4n) is 3.59. The van der Waals surface area contributed by atoms with Crippen LogP contribution in [0.25, 0.3) is 22.1 Å². The monoisotopic (exact) mass is 464 g/mol. The summed E-state index contributed by atoms with van der Waals surface area (Å²) in [6.45, 7) is 0. The van der Waals surface area contributed by atoms with Crippen molar-refractivity contribution in [2.24, 2.45) is 0 Å². The molecule has 0 N–H and O–H groups in total. The Morgan fingerprint density at radius 3 is 2.11 bits per heavy atom. The summed E-state index contributed by atoms with van der Waals surface area (Å²) in [5.74, 6) is 0.955. The van der Waals surface area contributed by atoms with Crippen molar-refractivity contribution in [3.63, 3.8) is 0 Å². The van der Waals surface area contributed by atoms with E-state index in [1.165, 1.54) is 12.3 Å². The van der Waals surface area contributed by atoms with Crippen LogP contribution in [0.1, 0.15) is 10.4 Å². The van der Waals surface area contributed by atoms with E-state index in [0.717, 1.165) is 11.1 Å². The number of fused-ring (bicyclic) bond motifs is 1. The van der Waals surface area contributed by atoms with E-state index < -0.39 is 5.97 Å². The van der Waals surface area contributed by atoms with Crippen LogP contribution in [0.4, 0.5) is 0 Å². The molecule has 0 fully saturated rings. The number of benzene rings is 4. The van der Waals surface area contributed by atoms with Crippen molar-refractivity contribution in [2.45, 2.75) is 0 Å². The van der Waals surface area contributed by atoms with Crippen molar-refractivity contribution in [1.29, 1.82) is 0 Å². The van der Waals surface area contributed by atoms with E-state index in [1.54, 1.807) is 55.6 Å². The Balaban J connectivity index is 1.32. The van der Waals surface area contributed by atoms with Crippen LogP contribution in [0.3, 0.4) is 0 Å². The molecule has 1 aromatic heterocycles. The van der Waals surface area contributed by atoms with Gasteiger partial charge in [0, 0.05) is 6.07 Å². The first-order valence-electron chi connectivity index (χ1n) is 10.9. The van der Waals surface area contributed by atoms with Crippen molar-refractivity contribution in [3.05, 3.63) is 119 Å². The van der Waals surface area contributed by atoms with Gasteiger partial charge in [0.2, 0.25) is 11.2 Å². The van der Waals surface area contributed by atoms with Gasteiger partial charge >= 0.3 is 5.97 Å². The maximum atomic E-state index is 12.8. The largest absolute Gasteiger partial charge is 0.497 e. The number of hydrogen-bond acceptors (Lipinski definition) is 6. The number of carbonyl (C=O) groups is 1. The van der Waals surface area contributed by atoms with Crippen LogP contribution in [0.2, 0.25) is 0 Å². The van der Waals surface area contributed by atoms with E-state index in [1.807, 2.05) is 42.5 Å². The highest BCUT2D eigenvalue weighted by Gasteiger charge is 2.13. The molecule has 0 radical (unpaired) electrons. The lowest BCUT2D eigenvalue weighted by atomic mass is 10.0. The Hall–Kier alpha value is -4.84. The van der Waals surface area contributed by atoms with Crippen LogP contribution in [0.5, 0.6) is 23.0 Å². The first-order chi connectivity index (χ1) is 17.1. The van der Waals surface area contributed by atoms with Crippen LogP contribution < -0.4 is 19.6 Å². The van der Waals surface area contributed by atoms with Crippen LogP contribution in [0.15, 0.2) is 113 Å². The molecule has 0 unspecified atom stereocenters. The van der Waals surface area contributed by atoms with E-state index in [4.69, 9.17) is 18.6 Å². The lowest BCUT2D eigenvalue weighted by molar-refractivity contribution is 0.0735. The van der Waals surface area contributed by atoms with E-state index in [2.05, 4.69) is 0 Å². The Kier molecular flexibility index (Phi) is 6.01. The fourth-order valence-corrected chi connectivity index (χ4v) is 3.59. The van der Waals surface area contributed by atoms with Crippen molar-refractivity contribution >= 4 is 16.9 Å². The number of ether oxygens (including phenoxy) is 3. The zero-order chi connectivity index (χ0) is 24.2. The summed E-state index contributed by atoms with van der Waals surface area (Å²) in [6, 6.07) is 28.5. The van der Waals surface area contributed by atoms with Crippen LogP contribution >= 0.6 is 0 Å². The van der Waals surface area contributed by atoms with E-state index >= 15 is 0 Å². The molecule has 0 bridgehead atoms. The quantitative estimate of drug-likeness (QED) is 0.211. The average molecular weight is 464 g/mol. The van der Waals surface area contributed by atoms with Crippen LogP contribution in [-0.2, 0) is 0 Å². The average Bonchev–Trinajstić information content (AvgIpc) is 2.91. The van der Waals surface area contributed by atoms with Crippen LogP contribution in [0, 0.1) is 0 Å². The second-order valence-corrected chi connectivity index (χ2v) is 7.70. The van der Waals surface area contributed by atoms with Crippen molar-refractivity contribution < 1.29 is 23.4 Å². The molecule has 35 heavy (non-hydrogen) atoms. The van der Waals surface area contributed by atoms with Gasteiger partial charge in [-0.05, 0) is 59.7 Å². The molecular weight excluding hydrogens is 444 g/mol. The molecule has 5 rings (SSSR count). The van der Waals surface area contributed by atoms with E-state index in [0.29, 0.717) is 22.4 Å². The number of rotatable bonds is 6. The van der Waals surface area contributed by atoms with Gasteiger partial charge in [-0.15, -0.1) is 0 Å². The van der Waals surface area contributed by atoms with Gasteiger partial charge in [-0.2, -0.15) is 0 Å². The molecule has 0 aliphatic carbocycles. The lowest BCUT2D eigenvalue weighted by Crippen LogP contribution is -2.09. The van der Waals surface area contributed by atoms with E-state index in [-0.39, 0.29) is 22.5 Å². The topological polar surface area (TPSA) is 75.0 Å². The zero-order valence-corrected chi connectivity index (χ0v) is 18.8. The summed E-state index contributed by atoms with van der Waals surface area (Å²) < 4.78 is 21.9. The molecule has 6 nitrogen and oxygen atoms in total. The third-order valence-corrected chi connectivity index (χ3v) is 5.44. The number of esters is 1. The Labute approximate surface area is 200 Å². The highest BCUT2D eigenvalue weighted by Crippen LogP contribution is 2.26. The maximum absolute atomic E-state index is 12.8. The van der Waals surface area contributed by atoms with Gasteiger partial charge in [0.25, 0.3) is 0 Å². The Morgan fingerprint density at radius 2 is 1.40 bits per heavy atom. The zero-order valence-electron chi connectivity index (χ0n) is 18.8.